The number of nitrogens with one attached hydrogen (secondary N) is 1. The highest BCUT2D eigenvalue weighted by molar-refractivity contribution is 5.37. The minimum absolute atomic E-state index is 0.107. The second-order valence-electron chi connectivity index (χ2n) is 4.13. The van der Waals surface area contributed by atoms with Gasteiger partial charge < -0.3 is 10.1 Å². The number of likely N-dealkylation sites (N-methyl/N-ethyl adjacent to an activating group) is 1. The van der Waals surface area contributed by atoms with Crippen LogP contribution in [0.4, 0.5) is 4.39 Å². The first-order valence-electron chi connectivity index (χ1n) is 5.21. The average Bonchev–Trinajstić information content (AvgIpc) is 3.02. The molecule has 0 radical (unpaired) electrons. The second-order valence-corrected chi connectivity index (χ2v) is 4.13. The highest BCUT2D eigenvalue weighted by Gasteiger charge is 2.42. The Hall–Kier alpha value is -1.09. The largest absolute Gasteiger partial charge is 0.496 e. The molecule has 0 spiro atoms. The van der Waals surface area contributed by atoms with E-state index in [9.17, 15) is 4.39 Å². The molecule has 0 atom stereocenters. The molecule has 0 saturated heterocycles. The van der Waals surface area contributed by atoms with Gasteiger partial charge in [-0.3, -0.25) is 0 Å². The molecule has 0 amide bonds. The van der Waals surface area contributed by atoms with Crippen molar-refractivity contribution in [3.63, 3.8) is 0 Å². The lowest BCUT2D eigenvalue weighted by Crippen LogP contribution is -2.30. The van der Waals surface area contributed by atoms with Crippen molar-refractivity contribution in [2.45, 2.75) is 24.8 Å². The fraction of sp³-hybridized carbons (Fsp3) is 0.500. The van der Waals surface area contributed by atoms with Crippen molar-refractivity contribution in [1.29, 1.82) is 0 Å². The Bertz CT molecular complexity index is 361. The topological polar surface area (TPSA) is 21.3 Å². The van der Waals surface area contributed by atoms with Gasteiger partial charge in [0.15, 0.2) is 0 Å². The van der Waals surface area contributed by atoms with Gasteiger partial charge in [0.2, 0.25) is 0 Å². The van der Waals surface area contributed by atoms with E-state index in [1.807, 2.05) is 13.1 Å². The van der Waals surface area contributed by atoms with E-state index in [4.69, 9.17) is 4.74 Å². The van der Waals surface area contributed by atoms with Crippen LogP contribution in [0.5, 0.6) is 5.75 Å². The van der Waals surface area contributed by atoms with Crippen LogP contribution in [0.2, 0.25) is 0 Å². The zero-order valence-corrected chi connectivity index (χ0v) is 9.14. The van der Waals surface area contributed by atoms with Gasteiger partial charge in [0.05, 0.1) is 7.11 Å². The van der Waals surface area contributed by atoms with E-state index in [1.165, 1.54) is 6.07 Å². The number of methoxy groups -OCH3 is 1. The van der Waals surface area contributed by atoms with Gasteiger partial charge in [-0.25, -0.2) is 4.39 Å². The van der Waals surface area contributed by atoms with Gasteiger partial charge in [-0.15, -0.1) is 0 Å². The van der Waals surface area contributed by atoms with Crippen LogP contribution in [0.1, 0.15) is 18.4 Å². The highest BCUT2D eigenvalue weighted by atomic mass is 19.1. The van der Waals surface area contributed by atoms with E-state index in [1.54, 1.807) is 13.2 Å². The summed E-state index contributed by atoms with van der Waals surface area (Å²) in [7, 11) is 3.51. The molecule has 0 unspecified atom stereocenters. The van der Waals surface area contributed by atoms with Gasteiger partial charge in [0.1, 0.15) is 11.6 Å². The molecule has 0 bridgehead atoms. The normalized spacial score (nSPS) is 17.5. The molecule has 1 aromatic rings. The summed E-state index contributed by atoms with van der Waals surface area (Å²) in [4.78, 5) is 0. The molecule has 1 N–H and O–H groups in total. The highest BCUT2D eigenvalue weighted by Crippen LogP contribution is 2.40. The van der Waals surface area contributed by atoms with Crippen LogP contribution in [0, 0.1) is 5.82 Å². The first kappa shape index (κ1) is 10.4. The average molecular weight is 209 g/mol. The van der Waals surface area contributed by atoms with Crippen LogP contribution in [0.25, 0.3) is 0 Å². The van der Waals surface area contributed by atoms with Gasteiger partial charge in [-0.1, -0.05) is 6.07 Å². The lowest BCUT2D eigenvalue weighted by atomic mass is 10.0. The molecule has 1 saturated carbocycles. The summed E-state index contributed by atoms with van der Waals surface area (Å²) in [5.41, 5.74) is 0.794. The maximum Gasteiger partial charge on any atom is 0.130 e. The van der Waals surface area contributed by atoms with E-state index in [-0.39, 0.29) is 11.4 Å². The van der Waals surface area contributed by atoms with Crippen LogP contribution in [-0.4, -0.2) is 19.7 Å². The Morgan fingerprint density at radius 1 is 1.47 bits per heavy atom. The van der Waals surface area contributed by atoms with E-state index in [0.29, 0.717) is 17.7 Å². The number of hydrogen-bond donors (Lipinski definition) is 1. The fourth-order valence-electron chi connectivity index (χ4n) is 1.91. The van der Waals surface area contributed by atoms with Crippen molar-refractivity contribution < 1.29 is 9.13 Å². The number of rotatable bonds is 4. The van der Waals surface area contributed by atoms with Crippen LogP contribution < -0.4 is 10.1 Å². The molecule has 1 fully saturated rings. The van der Waals surface area contributed by atoms with Gasteiger partial charge in [-0.05, 0) is 38.4 Å². The van der Waals surface area contributed by atoms with Crippen molar-refractivity contribution >= 4 is 0 Å². The minimum Gasteiger partial charge on any atom is -0.496 e. The summed E-state index contributed by atoms with van der Waals surface area (Å²) in [5.74, 6) is 0.479. The Balaban J connectivity index is 2.26. The molecular weight excluding hydrogens is 193 g/mol. The predicted molar refractivity (Wildman–Crippen MR) is 57.7 cm³/mol. The van der Waals surface area contributed by atoms with Crippen LogP contribution in [-0.2, 0) is 6.42 Å². The summed E-state index contributed by atoms with van der Waals surface area (Å²) in [6, 6.07) is 4.98. The van der Waals surface area contributed by atoms with Gasteiger partial charge in [-0.2, -0.15) is 0 Å². The SMILES string of the molecule is CNC1(Cc2c(F)cccc2OC)CC1. The summed E-state index contributed by atoms with van der Waals surface area (Å²) in [6.07, 6.45) is 2.93. The first-order valence-corrected chi connectivity index (χ1v) is 5.21. The fourth-order valence-corrected chi connectivity index (χ4v) is 1.91. The van der Waals surface area contributed by atoms with Gasteiger partial charge in [0.25, 0.3) is 0 Å². The number of ether oxygens (including phenoxy) is 1. The standard InChI is InChI=1S/C12H16FNO/c1-14-12(6-7-12)8-9-10(13)4-3-5-11(9)15-2/h3-5,14H,6-8H2,1-2H3. The third kappa shape index (κ3) is 1.97. The Morgan fingerprint density at radius 3 is 2.73 bits per heavy atom. The van der Waals surface area contributed by atoms with E-state index >= 15 is 0 Å². The van der Waals surface area contributed by atoms with Crippen molar-refractivity contribution in [3.05, 3.63) is 29.6 Å². The molecule has 2 rings (SSSR count). The molecule has 1 aliphatic rings. The molecule has 2 nitrogen and oxygen atoms in total. The van der Waals surface area contributed by atoms with Crippen LogP contribution >= 0.6 is 0 Å². The third-order valence-corrected chi connectivity index (χ3v) is 3.19. The maximum absolute atomic E-state index is 13.6. The predicted octanol–water partition coefficient (Wildman–Crippen LogP) is 2.13. The molecule has 0 aromatic heterocycles. The van der Waals surface area contributed by atoms with E-state index in [0.717, 1.165) is 12.8 Å². The Kier molecular flexibility index (Phi) is 2.65. The van der Waals surface area contributed by atoms with Crippen molar-refractivity contribution in [3.8, 4) is 5.75 Å². The molecular formula is C12H16FNO. The summed E-state index contributed by atoms with van der Waals surface area (Å²) in [6.45, 7) is 0. The van der Waals surface area contributed by atoms with Gasteiger partial charge >= 0.3 is 0 Å². The van der Waals surface area contributed by atoms with E-state index < -0.39 is 0 Å². The smallest absolute Gasteiger partial charge is 0.130 e. The second kappa shape index (κ2) is 3.81. The van der Waals surface area contributed by atoms with Crippen molar-refractivity contribution in [1.82, 2.24) is 5.32 Å². The zero-order chi connectivity index (χ0) is 10.9. The maximum atomic E-state index is 13.6. The molecule has 15 heavy (non-hydrogen) atoms. The number of benzene rings is 1. The van der Waals surface area contributed by atoms with Crippen molar-refractivity contribution in [2.24, 2.45) is 0 Å². The zero-order valence-electron chi connectivity index (χ0n) is 9.14. The van der Waals surface area contributed by atoms with Gasteiger partial charge in [0, 0.05) is 11.1 Å². The van der Waals surface area contributed by atoms with Crippen LogP contribution in [0.15, 0.2) is 18.2 Å². The van der Waals surface area contributed by atoms with Crippen LogP contribution in [0.3, 0.4) is 0 Å². The lowest BCUT2D eigenvalue weighted by Gasteiger charge is -2.16. The summed E-state index contributed by atoms with van der Waals surface area (Å²) < 4.78 is 18.8. The Morgan fingerprint density at radius 2 is 2.20 bits per heavy atom. The number of hydrogen-bond acceptors (Lipinski definition) is 2. The molecule has 1 aromatic carbocycles. The Labute approximate surface area is 89.4 Å². The third-order valence-electron chi connectivity index (χ3n) is 3.19. The lowest BCUT2D eigenvalue weighted by molar-refractivity contribution is 0.398. The molecule has 0 heterocycles. The molecule has 1 aliphatic carbocycles. The van der Waals surface area contributed by atoms with E-state index in [2.05, 4.69) is 5.32 Å². The quantitative estimate of drug-likeness (QED) is 0.820. The molecule has 3 heteroatoms. The molecule has 82 valence electrons. The minimum atomic E-state index is -0.170. The number of halogens is 1. The van der Waals surface area contributed by atoms with Crippen molar-refractivity contribution in [2.75, 3.05) is 14.2 Å². The molecule has 0 aliphatic heterocycles. The monoisotopic (exact) mass is 209 g/mol. The first-order chi connectivity index (χ1) is 7.21. The summed E-state index contributed by atoms with van der Waals surface area (Å²) in [5, 5.41) is 3.26. The summed E-state index contributed by atoms with van der Waals surface area (Å²) >= 11 is 0.